The van der Waals surface area contributed by atoms with E-state index in [1.807, 2.05) is 66.7 Å². The maximum absolute atomic E-state index is 6.44. The largest absolute Gasteiger partial charge is 0.456 e. The minimum Gasteiger partial charge on any atom is -0.456 e. The standard InChI is InChI=1S/C53H31N3O2/c1-2-11-34(12-3-1)51-54-52(56-53(55-51)44-17-8-16-43-42-14-6-7-18-46(42)58-50(43)44)35-23-20-33(21-24-35)41-15-9-19-48-49(41)45-31-37(27-29-47(45)57-48)36-26-28-40-38(30-36)25-22-32-10-4-5-13-39(32)40/h1-31H. The smallest absolute Gasteiger partial charge is 0.167 e. The fraction of sp³-hybridized carbons (Fsp3) is 0. The van der Waals surface area contributed by atoms with Gasteiger partial charge in [-0.3, -0.25) is 0 Å². The molecule has 5 nitrogen and oxygen atoms in total. The number of benzene rings is 9. The molecule has 9 aromatic carbocycles. The first-order chi connectivity index (χ1) is 28.7. The summed E-state index contributed by atoms with van der Waals surface area (Å²) < 4.78 is 12.9. The second-order valence-electron chi connectivity index (χ2n) is 14.7. The van der Waals surface area contributed by atoms with Gasteiger partial charge in [0, 0.05) is 32.7 Å². The molecule has 58 heavy (non-hydrogen) atoms. The van der Waals surface area contributed by atoms with Gasteiger partial charge in [0.05, 0.1) is 5.56 Å². The van der Waals surface area contributed by atoms with Gasteiger partial charge in [0.2, 0.25) is 0 Å². The highest BCUT2D eigenvalue weighted by molar-refractivity contribution is 6.14. The molecule has 0 aliphatic heterocycles. The Morgan fingerprint density at radius 1 is 0.293 bits per heavy atom. The minimum absolute atomic E-state index is 0.558. The van der Waals surface area contributed by atoms with Crippen molar-refractivity contribution in [2.24, 2.45) is 0 Å². The summed E-state index contributed by atoms with van der Waals surface area (Å²) in [6.45, 7) is 0. The van der Waals surface area contributed by atoms with Crippen molar-refractivity contribution in [1.82, 2.24) is 15.0 Å². The Bertz CT molecular complexity index is 3570. The fourth-order valence-corrected chi connectivity index (χ4v) is 8.50. The van der Waals surface area contributed by atoms with E-state index in [-0.39, 0.29) is 0 Å². The molecule has 0 saturated heterocycles. The number of furan rings is 2. The molecule has 0 radical (unpaired) electrons. The maximum atomic E-state index is 6.44. The monoisotopic (exact) mass is 741 g/mol. The van der Waals surface area contributed by atoms with Gasteiger partial charge in [0.25, 0.3) is 0 Å². The van der Waals surface area contributed by atoms with E-state index >= 15 is 0 Å². The molecular formula is C53H31N3O2. The zero-order chi connectivity index (χ0) is 38.2. The van der Waals surface area contributed by atoms with E-state index in [1.165, 1.54) is 27.1 Å². The fourth-order valence-electron chi connectivity index (χ4n) is 8.50. The number of aromatic nitrogens is 3. The second kappa shape index (κ2) is 12.8. The Labute approximate surface area is 332 Å². The first-order valence-corrected chi connectivity index (χ1v) is 19.4. The highest BCUT2D eigenvalue weighted by atomic mass is 16.3. The van der Waals surface area contributed by atoms with Crippen molar-refractivity contribution in [3.05, 3.63) is 188 Å². The molecule has 12 aromatic rings. The van der Waals surface area contributed by atoms with Gasteiger partial charge < -0.3 is 8.83 Å². The number of nitrogens with zero attached hydrogens (tertiary/aromatic N) is 3. The summed E-state index contributed by atoms with van der Waals surface area (Å²) in [6.07, 6.45) is 0. The molecule has 0 aliphatic rings. The van der Waals surface area contributed by atoms with Crippen LogP contribution in [0.2, 0.25) is 0 Å². The van der Waals surface area contributed by atoms with Crippen LogP contribution in [0.1, 0.15) is 0 Å². The third-order valence-corrected chi connectivity index (χ3v) is 11.3. The van der Waals surface area contributed by atoms with Crippen molar-refractivity contribution < 1.29 is 8.83 Å². The molecule has 0 spiro atoms. The zero-order valence-electron chi connectivity index (χ0n) is 31.1. The molecule has 3 heterocycles. The van der Waals surface area contributed by atoms with Crippen LogP contribution in [0.4, 0.5) is 0 Å². The minimum atomic E-state index is 0.558. The number of para-hydroxylation sites is 2. The van der Waals surface area contributed by atoms with Gasteiger partial charge in [0.15, 0.2) is 17.5 Å². The lowest BCUT2D eigenvalue weighted by Gasteiger charge is -2.10. The molecular weight excluding hydrogens is 711 g/mol. The van der Waals surface area contributed by atoms with E-state index < -0.39 is 0 Å². The third kappa shape index (κ3) is 5.21. The molecule has 0 saturated carbocycles. The molecule has 0 amide bonds. The van der Waals surface area contributed by atoms with Gasteiger partial charge in [-0.05, 0) is 80.2 Å². The Morgan fingerprint density at radius 3 is 1.76 bits per heavy atom. The Hall–Kier alpha value is -7.89. The van der Waals surface area contributed by atoms with Gasteiger partial charge in [-0.2, -0.15) is 0 Å². The SMILES string of the molecule is c1ccc(-c2nc(-c3ccc(-c4cccc5oc6ccc(-c7ccc8c(ccc9ccccc98)c7)cc6c45)cc3)nc(-c3cccc4c3oc3ccccc34)n2)cc1. The van der Waals surface area contributed by atoms with E-state index in [2.05, 4.69) is 121 Å². The zero-order valence-corrected chi connectivity index (χ0v) is 31.1. The molecule has 270 valence electrons. The summed E-state index contributed by atoms with van der Waals surface area (Å²) in [5.41, 5.74) is 10.4. The summed E-state index contributed by atoms with van der Waals surface area (Å²) in [5, 5.41) is 9.27. The topological polar surface area (TPSA) is 65.0 Å². The van der Waals surface area contributed by atoms with Crippen LogP contribution in [0, 0.1) is 0 Å². The third-order valence-electron chi connectivity index (χ3n) is 11.3. The van der Waals surface area contributed by atoms with Crippen LogP contribution in [-0.2, 0) is 0 Å². The quantitative estimate of drug-likeness (QED) is 0.164. The van der Waals surface area contributed by atoms with Gasteiger partial charge >= 0.3 is 0 Å². The average Bonchev–Trinajstić information content (AvgIpc) is 3.87. The number of fused-ring (bicyclic) bond motifs is 9. The molecule has 12 rings (SSSR count). The summed E-state index contributed by atoms with van der Waals surface area (Å²) in [6, 6.07) is 65.3. The lowest BCUT2D eigenvalue weighted by atomic mass is 9.95. The van der Waals surface area contributed by atoms with Gasteiger partial charge in [-0.1, -0.05) is 152 Å². The Kier molecular flexibility index (Phi) is 7.16. The number of hydrogen-bond acceptors (Lipinski definition) is 5. The first kappa shape index (κ1) is 32.4. The normalized spacial score (nSPS) is 11.8. The van der Waals surface area contributed by atoms with E-state index in [0.29, 0.717) is 17.5 Å². The summed E-state index contributed by atoms with van der Waals surface area (Å²) in [7, 11) is 0. The highest BCUT2D eigenvalue weighted by Gasteiger charge is 2.19. The summed E-state index contributed by atoms with van der Waals surface area (Å²) in [4.78, 5) is 15.1. The lowest BCUT2D eigenvalue weighted by molar-refractivity contribution is 0.669. The van der Waals surface area contributed by atoms with Crippen LogP contribution in [0.15, 0.2) is 197 Å². The predicted octanol–water partition coefficient (Wildman–Crippen LogP) is 14.3. The van der Waals surface area contributed by atoms with Crippen molar-refractivity contribution in [2.75, 3.05) is 0 Å². The van der Waals surface area contributed by atoms with Crippen molar-refractivity contribution in [1.29, 1.82) is 0 Å². The van der Waals surface area contributed by atoms with Gasteiger partial charge in [0.1, 0.15) is 22.3 Å². The molecule has 5 heteroatoms. The highest BCUT2D eigenvalue weighted by Crippen LogP contribution is 2.40. The van der Waals surface area contributed by atoms with Crippen LogP contribution >= 0.6 is 0 Å². The summed E-state index contributed by atoms with van der Waals surface area (Å²) in [5.74, 6) is 1.74. The van der Waals surface area contributed by atoms with Gasteiger partial charge in [-0.15, -0.1) is 0 Å². The van der Waals surface area contributed by atoms with Crippen molar-refractivity contribution in [3.63, 3.8) is 0 Å². The van der Waals surface area contributed by atoms with Crippen molar-refractivity contribution >= 4 is 65.4 Å². The molecule has 0 aliphatic carbocycles. The molecule has 0 bridgehead atoms. The molecule has 3 aromatic heterocycles. The van der Waals surface area contributed by atoms with Crippen LogP contribution in [-0.4, -0.2) is 15.0 Å². The Morgan fingerprint density at radius 2 is 0.879 bits per heavy atom. The predicted molar refractivity (Wildman–Crippen MR) is 237 cm³/mol. The first-order valence-electron chi connectivity index (χ1n) is 19.4. The van der Waals surface area contributed by atoms with Crippen molar-refractivity contribution in [2.45, 2.75) is 0 Å². The van der Waals surface area contributed by atoms with Crippen LogP contribution in [0.25, 0.3) is 122 Å². The van der Waals surface area contributed by atoms with Crippen LogP contribution in [0.3, 0.4) is 0 Å². The molecule has 0 fully saturated rings. The molecule has 0 N–H and O–H groups in total. The van der Waals surface area contributed by atoms with Gasteiger partial charge in [-0.25, -0.2) is 15.0 Å². The number of rotatable bonds is 5. The van der Waals surface area contributed by atoms with Crippen LogP contribution < -0.4 is 0 Å². The molecule has 0 atom stereocenters. The van der Waals surface area contributed by atoms with E-state index in [0.717, 1.165) is 77.3 Å². The summed E-state index contributed by atoms with van der Waals surface area (Å²) >= 11 is 0. The van der Waals surface area contributed by atoms with Crippen molar-refractivity contribution in [3.8, 4) is 56.4 Å². The lowest BCUT2D eigenvalue weighted by Crippen LogP contribution is -2.00. The average molecular weight is 742 g/mol. The van der Waals surface area contributed by atoms with Crippen LogP contribution in [0.5, 0.6) is 0 Å². The maximum Gasteiger partial charge on any atom is 0.167 e. The Balaban J connectivity index is 0.956. The number of hydrogen-bond donors (Lipinski definition) is 0. The van der Waals surface area contributed by atoms with E-state index in [1.54, 1.807) is 0 Å². The van der Waals surface area contributed by atoms with E-state index in [9.17, 15) is 0 Å². The second-order valence-corrected chi connectivity index (χ2v) is 14.7. The molecule has 0 unspecified atom stereocenters. The van der Waals surface area contributed by atoms with E-state index in [4.69, 9.17) is 23.8 Å².